The van der Waals surface area contributed by atoms with E-state index in [0.717, 1.165) is 11.1 Å². The second-order valence-corrected chi connectivity index (χ2v) is 9.59. The molecular formula is C21H22ClN3O4S. The molecule has 7 nitrogen and oxygen atoms in total. The zero-order valence-electron chi connectivity index (χ0n) is 16.7. The maximum atomic E-state index is 13.0. The normalized spacial score (nSPS) is 16.0. The van der Waals surface area contributed by atoms with Crippen molar-refractivity contribution in [1.82, 2.24) is 14.4 Å². The Morgan fingerprint density at radius 2 is 1.90 bits per heavy atom. The highest BCUT2D eigenvalue weighted by Gasteiger charge is 2.32. The monoisotopic (exact) mass is 447 g/mol. The largest absolute Gasteiger partial charge is 0.495 e. The first-order valence-corrected chi connectivity index (χ1v) is 11.4. The zero-order valence-corrected chi connectivity index (χ0v) is 18.3. The molecule has 0 saturated carbocycles. The Morgan fingerprint density at radius 3 is 2.57 bits per heavy atom. The minimum atomic E-state index is -3.63. The van der Waals surface area contributed by atoms with Crippen molar-refractivity contribution < 1.29 is 17.7 Å². The van der Waals surface area contributed by atoms with Crippen molar-refractivity contribution in [2.45, 2.75) is 30.6 Å². The average molecular weight is 448 g/mol. The lowest BCUT2D eigenvalue weighted by molar-refractivity contribution is 0.307. The highest BCUT2D eigenvalue weighted by atomic mass is 35.5. The van der Waals surface area contributed by atoms with Gasteiger partial charge < -0.3 is 9.26 Å². The van der Waals surface area contributed by atoms with E-state index in [-0.39, 0.29) is 15.8 Å². The summed E-state index contributed by atoms with van der Waals surface area (Å²) in [6.45, 7) is 2.75. The first kappa shape index (κ1) is 20.8. The van der Waals surface area contributed by atoms with Crippen LogP contribution in [0.3, 0.4) is 0 Å². The predicted octanol–water partition coefficient (Wildman–Crippen LogP) is 4.28. The fraction of sp³-hybridized carbons (Fsp3) is 0.333. The number of hydrogen-bond acceptors (Lipinski definition) is 6. The van der Waals surface area contributed by atoms with E-state index in [1.54, 1.807) is 6.07 Å². The standard InChI is InChI=1S/C21H22ClN3O4S/c1-14-5-3-4-6-17(14)21-23-20(24-29-21)15-9-11-25(12-10-15)30(26,27)16-7-8-19(28-2)18(22)13-16/h3-8,13,15H,9-12H2,1-2H3. The summed E-state index contributed by atoms with van der Waals surface area (Å²) in [5.74, 6) is 1.61. The quantitative estimate of drug-likeness (QED) is 0.580. The molecule has 0 amide bonds. The van der Waals surface area contributed by atoms with Gasteiger partial charge in [-0.15, -0.1) is 0 Å². The Labute approximate surface area is 180 Å². The molecule has 0 atom stereocenters. The molecule has 3 aromatic rings. The van der Waals surface area contributed by atoms with Crippen LogP contribution in [0.25, 0.3) is 11.5 Å². The van der Waals surface area contributed by atoms with Crippen LogP contribution in [-0.2, 0) is 10.0 Å². The molecule has 158 valence electrons. The summed E-state index contributed by atoms with van der Waals surface area (Å²) in [6.07, 6.45) is 1.24. The van der Waals surface area contributed by atoms with Gasteiger partial charge in [0.1, 0.15) is 5.75 Å². The number of aromatic nitrogens is 2. The summed E-state index contributed by atoms with van der Waals surface area (Å²) in [4.78, 5) is 4.72. The fourth-order valence-corrected chi connectivity index (χ4v) is 5.45. The van der Waals surface area contributed by atoms with Crippen LogP contribution in [-0.4, -0.2) is 43.1 Å². The summed E-state index contributed by atoms with van der Waals surface area (Å²) >= 11 is 6.11. The molecule has 0 spiro atoms. The molecule has 1 aliphatic rings. The number of nitrogens with zero attached hydrogens (tertiary/aromatic N) is 3. The van der Waals surface area contributed by atoms with Gasteiger partial charge in [0.2, 0.25) is 10.0 Å². The van der Waals surface area contributed by atoms with Crippen LogP contribution in [0, 0.1) is 6.92 Å². The van der Waals surface area contributed by atoms with E-state index in [0.29, 0.717) is 43.4 Å². The lowest BCUT2D eigenvalue weighted by Crippen LogP contribution is -2.38. The van der Waals surface area contributed by atoms with E-state index in [2.05, 4.69) is 10.1 Å². The number of halogens is 1. The van der Waals surface area contributed by atoms with Crippen molar-refractivity contribution in [3.8, 4) is 17.2 Å². The molecule has 1 saturated heterocycles. The van der Waals surface area contributed by atoms with Crippen LogP contribution >= 0.6 is 11.6 Å². The minimum Gasteiger partial charge on any atom is -0.495 e. The minimum absolute atomic E-state index is 0.0532. The fourth-order valence-electron chi connectivity index (χ4n) is 3.63. The lowest BCUT2D eigenvalue weighted by atomic mass is 9.97. The number of aryl methyl sites for hydroxylation is 1. The van der Waals surface area contributed by atoms with Gasteiger partial charge in [-0.1, -0.05) is 35.0 Å². The van der Waals surface area contributed by atoms with Gasteiger partial charge in [0.05, 0.1) is 17.0 Å². The van der Waals surface area contributed by atoms with Crippen molar-refractivity contribution in [3.05, 3.63) is 58.9 Å². The topological polar surface area (TPSA) is 85.5 Å². The molecule has 9 heteroatoms. The van der Waals surface area contributed by atoms with Gasteiger partial charge >= 0.3 is 0 Å². The van der Waals surface area contributed by atoms with Crippen molar-refractivity contribution >= 4 is 21.6 Å². The third-order valence-electron chi connectivity index (χ3n) is 5.40. The van der Waals surface area contributed by atoms with Crippen LogP contribution in [0.2, 0.25) is 5.02 Å². The highest BCUT2D eigenvalue weighted by Crippen LogP contribution is 2.33. The van der Waals surface area contributed by atoms with E-state index in [4.69, 9.17) is 20.9 Å². The molecule has 0 aliphatic carbocycles. The van der Waals surface area contributed by atoms with Gasteiger partial charge in [0, 0.05) is 24.6 Å². The van der Waals surface area contributed by atoms with E-state index >= 15 is 0 Å². The first-order valence-electron chi connectivity index (χ1n) is 9.63. The maximum Gasteiger partial charge on any atom is 0.258 e. The summed E-state index contributed by atoms with van der Waals surface area (Å²) in [5, 5.41) is 4.42. The van der Waals surface area contributed by atoms with Gasteiger partial charge in [0.25, 0.3) is 5.89 Å². The van der Waals surface area contributed by atoms with Crippen LogP contribution in [0.1, 0.15) is 30.1 Å². The predicted molar refractivity (Wildman–Crippen MR) is 113 cm³/mol. The van der Waals surface area contributed by atoms with Crippen molar-refractivity contribution in [1.29, 1.82) is 0 Å². The van der Waals surface area contributed by atoms with E-state index in [1.807, 2.05) is 31.2 Å². The van der Waals surface area contributed by atoms with Crippen LogP contribution in [0.15, 0.2) is 51.9 Å². The second-order valence-electron chi connectivity index (χ2n) is 7.25. The molecular weight excluding hydrogens is 426 g/mol. The lowest BCUT2D eigenvalue weighted by Gasteiger charge is -2.29. The molecule has 0 bridgehead atoms. The molecule has 1 aromatic heterocycles. The molecule has 1 aliphatic heterocycles. The van der Waals surface area contributed by atoms with E-state index in [1.165, 1.54) is 23.5 Å². The van der Waals surface area contributed by atoms with Crippen LogP contribution < -0.4 is 4.74 Å². The number of hydrogen-bond donors (Lipinski definition) is 0. The van der Waals surface area contributed by atoms with Gasteiger partial charge in [-0.3, -0.25) is 0 Å². The smallest absolute Gasteiger partial charge is 0.258 e. The first-order chi connectivity index (χ1) is 14.4. The Morgan fingerprint density at radius 1 is 1.17 bits per heavy atom. The number of rotatable bonds is 5. The van der Waals surface area contributed by atoms with Crippen LogP contribution in [0.5, 0.6) is 5.75 Å². The number of benzene rings is 2. The highest BCUT2D eigenvalue weighted by molar-refractivity contribution is 7.89. The average Bonchev–Trinajstić information content (AvgIpc) is 3.24. The SMILES string of the molecule is COc1ccc(S(=O)(=O)N2CCC(c3noc(-c4ccccc4C)n3)CC2)cc1Cl. The molecule has 4 rings (SSSR count). The summed E-state index contributed by atoms with van der Waals surface area (Å²) < 4.78 is 38.0. The second kappa shape index (κ2) is 8.37. The molecule has 2 heterocycles. The molecule has 0 unspecified atom stereocenters. The molecule has 0 radical (unpaired) electrons. The number of ether oxygens (including phenoxy) is 1. The Hall–Kier alpha value is -2.42. The third-order valence-corrected chi connectivity index (χ3v) is 7.59. The summed E-state index contributed by atoms with van der Waals surface area (Å²) in [5.41, 5.74) is 1.97. The van der Waals surface area contributed by atoms with E-state index < -0.39 is 10.0 Å². The van der Waals surface area contributed by atoms with Crippen molar-refractivity contribution in [2.24, 2.45) is 0 Å². The van der Waals surface area contributed by atoms with Crippen LogP contribution in [0.4, 0.5) is 0 Å². The van der Waals surface area contributed by atoms with Crippen molar-refractivity contribution in [3.63, 3.8) is 0 Å². The molecule has 1 fully saturated rings. The zero-order chi connectivity index (χ0) is 21.3. The number of methoxy groups -OCH3 is 1. The number of sulfonamides is 1. The van der Waals surface area contributed by atoms with E-state index in [9.17, 15) is 8.42 Å². The molecule has 0 N–H and O–H groups in total. The Kier molecular flexibility index (Phi) is 5.81. The van der Waals surface area contributed by atoms with Crippen molar-refractivity contribution in [2.75, 3.05) is 20.2 Å². The third kappa shape index (κ3) is 3.95. The maximum absolute atomic E-state index is 13.0. The van der Waals surface area contributed by atoms with Gasteiger partial charge in [-0.2, -0.15) is 9.29 Å². The summed E-state index contributed by atoms with van der Waals surface area (Å²) in [7, 11) is -2.14. The Balaban J connectivity index is 1.46. The molecule has 2 aromatic carbocycles. The van der Waals surface area contributed by atoms with Gasteiger partial charge in [0.15, 0.2) is 5.82 Å². The van der Waals surface area contributed by atoms with Gasteiger partial charge in [-0.25, -0.2) is 8.42 Å². The van der Waals surface area contributed by atoms with Gasteiger partial charge in [-0.05, 0) is 49.6 Å². The summed E-state index contributed by atoms with van der Waals surface area (Å²) in [6, 6.07) is 12.3. The Bertz CT molecular complexity index is 1150. The number of piperidine rings is 1. The molecule has 30 heavy (non-hydrogen) atoms.